The average Bonchev–Trinajstić information content (AvgIpc) is 3.11. The number of hydrogen-bond acceptors (Lipinski definition) is 4. The molecule has 0 aromatic carbocycles. The van der Waals surface area contributed by atoms with Crippen LogP contribution in [0.3, 0.4) is 0 Å². The molecule has 1 N–H and O–H groups in total. The van der Waals surface area contributed by atoms with Crippen molar-refractivity contribution in [2.45, 2.75) is 31.1 Å². The highest BCUT2D eigenvalue weighted by Gasteiger charge is 2.44. The molecule has 2 heterocycles. The van der Waals surface area contributed by atoms with E-state index < -0.39 is 11.4 Å². The predicted octanol–water partition coefficient (Wildman–Crippen LogP) is 3.77. The zero-order chi connectivity index (χ0) is 12.6. The van der Waals surface area contributed by atoms with Crippen LogP contribution < -0.4 is 0 Å². The Morgan fingerprint density at radius 2 is 2.11 bits per heavy atom. The SMILES string of the molecule is O=C(O)C1(c2csc(-c3cccs3)n2)CCCC1. The molecule has 2 aromatic heterocycles. The lowest BCUT2D eigenvalue weighted by molar-refractivity contribution is -0.143. The van der Waals surface area contributed by atoms with Gasteiger partial charge in [-0.25, -0.2) is 4.98 Å². The Balaban J connectivity index is 1.99. The van der Waals surface area contributed by atoms with Crippen LogP contribution in [-0.2, 0) is 10.2 Å². The van der Waals surface area contributed by atoms with E-state index in [1.165, 1.54) is 0 Å². The fourth-order valence-corrected chi connectivity index (χ4v) is 4.30. The molecule has 0 amide bonds. The van der Waals surface area contributed by atoms with E-state index >= 15 is 0 Å². The van der Waals surface area contributed by atoms with Gasteiger partial charge in [0.2, 0.25) is 0 Å². The molecule has 0 bridgehead atoms. The van der Waals surface area contributed by atoms with Crippen molar-refractivity contribution in [2.75, 3.05) is 0 Å². The van der Waals surface area contributed by atoms with Crippen LogP contribution in [-0.4, -0.2) is 16.1 Å². The second-order valence-corrected chi connectivity index (χ2v) is 6.42. The number of hydrogen-bond donors (Lipinski definition) is 1. The van der Waals surface area contributed by atoms with Gasteiger partial charge in [-0.2, -0.15) is 0 Å². The number of carboxylic acid groups (broad SMARTS) is 1. The van der Waals surface area contributed by atoms with Crippen molar-refractivity contribution < 1.29 is 9.90 Å². The molecule has 2 aromatic rings. The van der Waals surface area contributed by atoms with E-state index in [0.717, 1.165) is 41.3 Å². The average molecular weight is 279 g/mol. The fourth-order valence-electron chi connectivity index (χ4n) is 2.57. The summed E-state index contributed by atoms with van der Waals surface area (Å²) in [7, 11) is 0. The topological polar surface area (TPSA) is 50.2 Å². The Bertz CT molecular complexity index is 553. The van der Waals surface area contributed by atoms with E-state index in [1.807, 2.05) is 22.9 Å². The van der Waals surface area contributed by atoms with Gasteiger partial charge in [0.05, 0.1) is 10.6 Å². The maximum absolute atomic E-state index is 11.6. The van der Waals surface area contributed by atoms with Crippen molar-refractivity contribution >= 4 is 28.6 Å². The van der Waals surface area contributed by atoms with Gasteiger partial charge in [0.15, 0.2) is 0 Å². The van der Waals surface area contributed by atoms with Crippen LogP contribution in [0.15, 0.2) is 22.9 Å². The van der Waals surface area contributed by atoms with Gasteiger partial charge in [-0.3, -0.25) is 4.79 Å². The Labute approximate surface area is 113 Å². The molecule has 3 rings (SSSR count). The van der Waals surface area contributed by atoms with Crippen LogP contribution in [0.1, 0.15) is 31.4 Å². The zero-order valence-electron chi connectivity index (χ0n) is 9.76. The number of carbonyl (C=O) groups is 1. The van der Waals surface area contributed by atoms with E-state index in [4.69, 9.17) is 0 Å². The lowest BCUT2D eigenvalue weighted by Gasteiger charge is -2.20. The summed E-state index contributed by atoms with van der Waals surface area (Å²) in [6.45, 7) is 0. The van der Waals surface area contributed by atoms with Crippen molar-refractivity contribution in [3.63, 3.8) is 0 Å². The van der Waals surface area contributed by atoms with Gasteiger partial charge in [0, 0.05) is 5.38 Å². The van der Waals surface area contributed by atoms with E-state index in [2.05, 4.69) is 4.98 Å². The van der Waals surface area contributed by atoms with Gasteiger partial charge in [-0.05, 0) is 24.3 Å². The number of rotatable bonds is 3. The van der Waals surface area contributed by atoms with Crippen LogP contribution in [0.25, 0.3) is 9.88 Å². The number of thiazole rings is 1. The first-order valence-corrected chi connectivity index (χ1v) is 7.72. The van der Waals surface area contributed by atoms with Gasteiger partial charge in [-0.15, -0.1) is 22.7 Å². The van der Waals surface area contributed by atoms with Crippen LogP contribution in [0.4, 0.5) is 0 Å². The minimum absolute atomic E-state index is 0.718. The molecule has 0 radical (unpaired) electrons. The maximum atomic E-state index is 11.6. The molecular weight excluding hydrogens is 266 g/mol. The molecule has 94 valence electrons. The Morgan fingerprint density at radius 1 is 1.33 bits per heavy atom. The summed E-state index contributed by atoms with van der Waals surface area (Å²) in [5, 5.41) is 14.4. The summed E-state index contributed by atoms with van der Waals surface area (Å²) in [5.74, 6) is -0.719. The summed E-state index contributed by atoms with van der Waals surface area (Å²) < 4.78 is 0. The first-order chi connectivity index (χ1) is 8.72. The van der Waals surface area contributed by atoms with Gasteiger partial charge in [0.25, 0.3) is 0 Å². The summed E-state index contributed by atoms with van der Waals surface area (Å²) in [5.41, 5.74) is 0.0207. The maximum Gasteiger partial charge on any atom is 0.315 e. The number of thiophene rings is 1. The largest absolute Gasteiger partial charge is 0.481 e. The molecule has 1 saturated carbocycles. The van der Waals surface area contributed by atoms with Gasteiger partial charge >= 0.3 is 5.97 Å². The quantitative estimate of drug-likeness (QED) is 0.930. The van der Waals surface area contributed by atoms with Gasteiger partial charge in [-0.1, -0.05) is 18.9 Å². The van der Waals surface area contributed by atoms with E-state index in [9.17, 15) is 9.90 Å². The van der Waals surface area contributed by atoms with E-state index in [-0.39, 0.29) is 0 Å². The number of nitrogens with zero attached hydrogens (tertiary/aromatic N) is 1. The highest BCUT2D eigenvalue weighted by molar-refractivity contribution is 7.20. The summed E-state index contributed by atoms with van der Waals surface area (Å²) in [6, 6.07) is 4.01. The highest BCUT2D eigenvalue weighted by Crippen LogP contribution is 2.43. The van der Waals surface area contributed by atoms with E-state index in [1.54, 1.807) is 22.7 Å². The molecule has 3 nitrogen and oxygen atoms in total. The monoisotopic (exact) mass is 279 g/mol. The van der Waals surface area contributed by atoms with Crippen molar-refractivity contribution in [3.05, 3.63) is 28.6 Å². The Kier molecular flexibility index (Phi) is 2.95. The smallest absolute Gasteiger partial charge is 0.315 e. The first kappa shape index (κ1) is 11.9. The summed E-state index contributed by atoms with van der Waals surface area (Å²) in [4.78, 5) is 17.3. The molecule has 0 atom stereocenters. The summed E-state index contributed by atoms with van der Waals surface area (Å²) >= 11 is 3.19. The molecule has 0 saturated heterocycles. The molecule has 0 spiro atoms. The van der Waals surface area contributed by atoms with E-state index in [0.29, 0.717) is 0 Å². The van der Waals surface area contributed by atoms with Gasteiger partial charge < -0.3 is 5.11 Å². The summed E-state index contributed by atoms with van der Waals surface area (Å²) in [6.07, 6.45) is 3.40. The Morgan fingerprint density at radius 3 is 2.72 bits per heavy atom. The van der Waals surface area contributed by atoms with Crippen LogP contribution >= 0.6 is 22.7 Å². The van der Waals surface area contributed by atoms with Crippen molar-refractivity contribution in [3.8, 4) is 9.88 Å². The second kappa shape index (κ2) is 4.48. The number of carboxylic acids is 1. The normalized spacial score (nSPS) is 18.0. The lowest BCUT2D eigenvalue weighted by Crippen LogP contribution is -2.32. The van der Waals surface area contributed by atoms with Crippen LogP contribution in [0.2, 0.25) is 0 Å². The molecule has 1 fully saturated rings. The first-order valence-electron chi connectivity index (χ1n) is 5.96. The lowest BCUT2D eigenvalue weighted by atomic mass is 9.83. The molecule has 0 unspecified atom stereocenters. The molecule has 0 aliphatic heterocycles. The minimum atomic E-state index is -0.730. The Hall–Kier alpha value is -1.20. The van der Waals surface area contributed by atoms with Crippen molar-refractivity contribution in [1.29, 1.82) is 0 Å². The minimum Gasteiger partial charge on any atom is -0.481 e. The number of aliphatic carboxylic acids is 1. The number of aromatic nitrogens is 1. The van der Waals surface area contributed by atoms with Crippen molar-refractivity contribution in [1.82, 2.24) is 4.98 Å². The zero-order valence-corrected chi connectivity index (χ0v) is 11.4. The second-order valence-electron chi connectivity index (χ2n) is 4.61. The third-order valence-electron chi connectivity index (χ3n) is 3.59. The third kappa shape index (κ3) is 1.78. The molecular formula is C13H13NO2S2. The van der Waals surface area contributed by atoms with Crippen molar-refractivity contribution in [2.24, 2.45) is 0 Å². The third-order valence-corrected chi connectivity index (χ3v) is 5.47. The molecule has 18 heavy (non-hydrogen) atoms. The van der Waals surface area contributed by atoms with Gasteiger partial charge in [0.1, 0.15) is 10.4 Å². The molecule has 1 aliphatic rings. The van der Waals surface area contributed by atoms with Crippen LogP contribution in [0.5, 0.6) is 0 Å². The van der Waals surface area contributed by atoms with Crippen LogP contribution in [0, 0.1) is 0 Å². The predicted molar refractivity (Wildman–Crippen MR) is 73.2 cm³/mol. The molecule has 5 heteroatoms. The standard InChI is InChI=1S/C13H13NO2S2/c15-12(16)13(5-1-2-6-13)10-8-18-11(14-10)9-4-3-7-17-9/h3-4,7-8H,1-2,5-6H2,(H,15,16). The fraction of sp³-hybridized carbons (Fsp3) is 0.385. The highest BCUT2D eigenvalue weighted by atomic mass is 32.1. The molecule has 1 aliphatic carbocycles.